The summed E-state index contributed by atoms with van der Waals surface area (Å²) in [5, 5.41) is 12.4. The molecular formula is C22H19F4N3O3. The Morgan fingerprint density at radius 1 is 1.12 bits per heavy atom. The Morgan fingerprint density at radius 2 is 1.84 bits per heavy atom. The van der Waals surface area contributed by atoms with Crippen LogP contribution in [0.1, 0.15) is 30.3 Å². The van der Waals surface area contributed by atoms with Crippen LogP contribution in [0.15, 0.2) is 60.9 Å². The maximum absolute atomic E-state index is 14.2. The average molecular weight is 449 g/mol. The number of carbonyl (C=O) groups excluding carboxylic acids is 1. The van der Waals surface area contributed by atoms with Crippen molar-refractivity contribution in [1.29, 1.82) is 0 Å². The van der Waals surface area contributed by atoms with E-state index in [1.807, 2.05) is 0 Å². The number of aliphatic hydroxyl groups excluding tert-OH is 1. The lowest BCUT2D eigenvalue weighted by atomic mass is 10.0. The number of nitrogens with zero attached hydrogens (tertiary/aromatic N) is 2. The molecule has 0 amide bonds. The van der Waals surface area contributed by atoms with Crippen molar-refractivity contribution in [2.75, 3.05) is 11.9 Å². The van der Waals surface area contributed by atoms with Gasteiger partial charge in [0.1, 0.15) is 24.1 Å². The summed E-state index contributed by atoms with van der Waals surface area (Å²) in [7, 11) is 0. The Kier molecular flexibility index (Phi) is 7.04. The van der Waals surface area contributed by atoms with E-state index in [2.05, 4.69) is 20.0 Å². The van der Waals surface area contributed by atoms with Crippen LogP contribution in [0.4, 0.5) is 23.4 Å². The van der Waals surface area contributed by atoms with Gasteiger partial charge in [-0.15, -0.1) is 0 Å². The van der Waals surface area contributed by atoms with E-state index in [1.165, 1.54) is 43.6 Å². The Hall–Kier alpha value is -3.53. The van der Waals surface area contributed by atoms with Gasteiger partial charge < -0.3 is 15.2 Å². The molecule has 0 aliphatic rings. The summed E-state index contributed by atoms with van der Waals surface area (Å²) in [4.78, 5) is 19.4. The number of hydrogen-bond donors (Lipinski definition) is 2. The number of anilines is 1. The predicted molar refractivity (Wildman–Crippen MR) is 108 cm³/mol. The zero-order valence-electron chi connectivity index (χ0n) is 16.8. The van der Waals surface area contributed by atoms with Crippen LogP contribution in [0.5, 0.6) is 0 Å². The van der Waals surface area contributed by atoms with Gasteiger partial charge in [-0.05, 0) is 18.6 Å². The summed E-state index contributed by atoms with van der Waals surface area (Å²) in [6.07, 6.45) is -6.12. The Morgan fingerprint density at radius 3 is 2.47 bits per heavy atom. The van der Waals surface area contributed by atoms with Crippen molar-refractivity contribution < 1.29 is 32.2 Å². The summed E-state index contributed by atoms with van der Waals surface area (Å²) in [6.45, 7) is 1.25. The molecule has 0 aliphatic carbocycles. The zero-order chi connectivity index (χ0) is 23.3. The Bertz CT molecular complexity index is 1080. The molecule has 0 saturated heterocycles. The van der Waals surface area contributed by atoms with E-state index in [-0.39, 0.29) is 17.9 Å². The highest BCUT2D eigenvalue weighted by molar-refractivity contribution is 5.76. The molecule has 3 rings (SSSR count). The maximum Gasteiger partial charge on any atom is 0.490 e. The SMILES string of the molecule is CC(O)c1ccc(-c2cc(NC[C@H](OC(=O)C(F)(F)F)c3ccccc3)ncn2)cc1F. The topological polar surface area (TPSA) is 84.3 Å². The fraction of sp³-hybridized carbons (Fsp3) is 0.227. The molecule has 2 atom stereocenters. The van der Waals surface area contributed by atoms with Crippen molar-refractivity contribution >= 4 is 11.8 Å². The molecule has 168 valence electrons. The molecular weight excluding hydrogens is 430 g/mol. The fourth-order valence-corrected chi connectivity index (χ4v) is 2.93. The van der Waals surface area contributed by atoms with Crippen molar-refractivity contribution in [1.82, 2.24) is 9.97 Å². The first kappa shape index (κ1) is 23.1. The molecule has 1 unspecified atom stereocenters. The van der Waals surface area contributed by atoms with Crippen molar-refractivity contribution in [3.8, 4) is 11.3 Å². The van der Waals surface area contributed by atoms with Crippen LogP contribution < -0.4 is 5.32 Å². The number of rotatable bonds is 7. The van der Waals surface area contributed by atoms with Gasteiger partial charge in [0.25, 0.3) is 0 Å². The number of ether oxygens (including phenoxy) is 1. The smallest absolute Gasteiger partial charge is 0.449 e. The van der Waals surface area contributed by atoms with Crippen molar-refractivity contribution in [3.05, 3.63) is 77.9 Å². The molecule has 1 heterocycles. The summed E-state index contributed by atoms with van der Waals surface area (Å²) in [5.74, 6) is -2.67. The van der Waals surface area contributed by atoms with E-state index in [0.29, 0.717) is 16.8 Å². The number of aromatic nitrogens is 2. The third-order valence-electron chi connectivity index (χ3n) is 4.53. The highest BCUT2D eigenvalue weighted by Crippen LogP contribution is 2.26. The normalized spacial score (nSPS) is 13.3. The van der Waals surface area contributed by atoms with Gasteiger partial charge in [0.05, 0.1) is 18.3 Å². The van der Waals surface area contributed by atoms with Crippen LogP contribution in [0.2, 0.25) is 0 Å². The van der Waals surface area contributed by atoms with E-state index < -0.39 is 30.2 Å². The van der Waals surface area contributed by atoms with E-state index >= 15 is 0 Å². The summed E-state index contributed by atoms with van der Waals surface area (Å²) in [5.41, 5.74) is 1.27. The third kappa shape index (κ3) is 5.79. The number of hydrogen-bond acceptors (Lipinski definition) is 6. The van der Waals surface area contributed by atoms with Crippen molar-refractivity contribution in [2.45, 2.75) is 25.3 Å². The van der Waals surface area contributed by atoms with Gasteiger partial charge in [-0.2, -0.15) is 13.2 Å². The molecule has 0 saturated carbocycles. The van der Waals surface area contributed by atoms with E-state index in [4.69, 9.17) is 0 Å². The second kappa shape index (κ2) is 9.73. The average Bonchev–Trinajstić information content (AvgIpc) is 2.76. The monoisotopic (exact) mass is 449 g/mol. The minimum absolute atomic E-state index is 0.137. The van der Waals surface area contributed by atoms with Crippen molar-refractivity contribution in [3.63, 3.8) is 0 Å². The quantitative estimate of drug-likeness (QED) is 0.405. The molecule has 32 heavy (non-hydrogen) atoms. The lowest BCUT2D eigenvalue weighted by molar-refractivity contribution is -0.204. The molecule has 0 fully saturated rings. The molecule has 0 aliphatic heterocycles. The maximum atomic E-state index is 14.2. The van der Waals surface area contributed by atoms with Gasteiger partial charge in [-0.3, -0.25) is 0 Å². The first-order chi connectivity index (χ1) is 15.1. The minimum Gasteiger partial charge on any atom is -0.449 e. The van der Waals surface area contributed by atoms with Crippen LogP contribution in [-0.2, 0) is 9.53 Å². The van der Waals surface area contributed by atoms with Gasteiger partial charge in [0, 0.05) is 17.2 Å². The highest BCUT2D eigenvalue weighted by atomic mass is 19.4. The van der Waals surface area contributed by atoms with E-state index in [1.54, 1.807) is 24.3 Å². The molecule has 0 bridgehead atoms. The molecule has 2 aromatic carbocycles. The third-order valence-corrected chi connectivity index (χ3v) is 4.53. The summed E-state index contributed by atoms with van der Waals surface area (Å²) in [6, 6.07) is 13.7. The highest BCUT2D eigenvalue weighted by Gasteiger charge is 2.42. The zero-order valence-corrected chi connectivity index (χ0v) is 16.8. The number of esters is 1. The minimum atomic E-state index is -5.13. The number of aliphatic hydroxyl groups is 1. The first-order valence-electron chi connectivity index (χ1n) is 9.51. The molecule has 0 radical (unpaired) electrons. The number of benzene rings is 2. The lowest BCUT2D eigenvalue weighted by Crippen LogP contribution is -2.29. The van der Waals surface area contributed by atoms with Gasteiger partial charge in [-0.1, -0.05) is 42.5 Å². The van der Waals surface area contributed by atoms with Crippen LogP contribution in [-0.4, -0.2) is 33.8 Å². The standard InChI is InChI=1S/C22H19F4N3O3/c1-13(30)16-8-7-15(9-17(16)23)18-10-20(29-12-28-18)27-11-19(14-5-3-2-4-6-14)32-21(31)22(24,25)26/h2-10,12-13,19,30H,11H2,1H3,(H,27,28,29)/t13?,19-/m0/s1. The first-order valence-corrected chi connectivity index (χ1v) is 9.51. The molecule has 0 spiro atoms. The summed E-state index contributed by atoms with van der Waals surface area (Å²) >= 11 is 0. The number of nitrogens with one attached hydrogen (secondary N) is 1. The number of alkyl halides is 3. The van der Waals surface area contributed by atoms with Gasteiger partial charge in [-0.25, -0.2) is 19.2 Å². The lowest BCUT2D eigenvalue weighted by Gasteiger charge is -2.20. The van der Waals surface area contributed by atoms with Crippen LogP contribution in [0.25, 0.3) is 11.3 Å². The van der Waals surface area contributed by atoms with E-state index in [0.717, 1.165) is 0 Å². The molecule has 2 N–H and O–H groups in total. The Labute approximate surface area is 180 Å². The van der Waals surface area contributed by atoms with E-state index in [9.17, 15) is 27.5 Å². The predicted octanol–water partition coefficient (Wildman–Crippen LogP) is 4.59. The van der Waals surface area contributed by atoms with Gasteiger partial charge >= 0.3 is 12.1 Å². The second-order valence-electron chi connectivity index (χ2n) is 6.88. The molecule has 1 aromatic heterocycles. The molecule has 3 aromatic rings. The second-order valence-corrected chi connectivity index (χ2v) is 6.88. The van der Waals surface area contributed by atoms with Gasteiger partial charge in [0.2, 0.25) is 0 Å². The molecule has 10 heteroatoms. The summed E-state index contributed by atoms with van der Waals surface area (Å²) < 4.78 is 56.9. The van der Waals surface area contributed by atoms with Crippen LogP contribution in [0.3, 0.4) is 0 Å². The van der Waals surface area contributed by atoms with Crippen molar-refractivity contribution in [2.24, 2.45) is 0 Å². The number of halogens is 4. The molecule has 6 nitrogen and oxygen atoms in total. The van der Waals surface area contributed by atoms with Crippen LogP contribution >= 0.6 is 0 Å². The Balaban J connectivity index is 1.78. The fourth-order valence-electron chi connectivity index (χ4n) is 2.93. The largest absolute Gasteiger partial charge is 0.490 e. The van der Waals surface area contributed by atoms with Crippen LogP contribution in [0, 0.1) is 5.82 Å². The number of carbonyl (C=O) groups is 1. The van der Waals surface area contributed by atoms with Gasteiger partial charge in [0.15, 0.2) is 0 Å².